The molecule has 0 amide bonds. The van der Waals surface area contributed by atoms with Gasteiger partial charge in [-0.1, -0.05) is 39.2 Å². The number of hydrogen-bond donors (Lipinski definition) is 1. The molecule has 13 heavy (non-hydrogen) atoms. The van der Waals surface area contributed by atoms with Gasteiger partial charge in [0, 0.05) is 15.8 Å². The van der Waals surface area contributed by atoms with Crippen LogP contribution in [0.1, 0.15) is 39.0 Å². The molecule has 2 nitrogen and oxygen atoms in total. The number of carboxylic acids is 1. The molecule has 0 bridgehead atoms. The Labute approximate surface area is 83.5 Å². The van der Waals surface area contributed by atoms with Crippen LogP contribution in [0.5, 0.6) is 0 Å². The monoisotopic (exact) mass is 200 g/mol. The largest absolute Gasteiger partial charge is 0.478 e. The summed E-state index contributed by atoms with van der Waals surface area (Å²) >= 11 is 0. The first-order chi connectivity index (χ1) is 6.09. The van der Waals surface area contributed by atoms with E-state index in [9.17, 15) is 4.79 Å². The number of carbonyl (C=O) groups is 1. The molecular weight excluding hydrogens is 180 g/mol. The first-order valence-electron chi connectivity index (χ1n) is 5.01. The maximum Gasteiger partial charge on any atom is 0.330 e. The second-order valence-electron chi connectivity index (χ2n) is 3.58. The summed E-state index contributed by atoms with van der Waals surface area (Å²) in [6, 6.07) is 0. The van der Waals surface area contributed by atoms with E-state index in [-0.39, 0.29) is 5.54 Å². The van der Waals surface area contributed by atoms with Crippen LogP contribution in [0.4, 0.5) is 0 Å². The Kier molecular flexibility index (Phi) is 6.59. The average Bonchev–Trinajstić information content (AvgIpc) is 2.10. The molecule has 0 radical (unpaired) electrons. The summed E-state index contributed by atoms with van der Waals surface area (Å²) in [5.74, 6) is -0.824. The molecule has 3 heteroatoms. The van der Waals surface area contributed by atoms with Crippen LogP contribution < -0.4 is 0 Å². The summed E-state index contributed by atoms with van der Waals surface area (Å²) < 4.78 is 0. The van der Waals surface area contributed by atoms with E-state index in [0.29, 0.717) is 5.57 Å². The van der Waals surface area contributed by atoms with Gasteiger partial charge in [-0.2, -0.15) is 0 Å². The molecule has 0 aromatic rings. The van der Waals surface area contributed by atoms with E-state index >= 15 is 0 Å². The Bertz CT molecular complexity index is 178. The van der Waals surface area contributed by atoms with Crippen LogP contribution in [0.25, 0.3) is 0 Å². The summed E-state index contributed by atoms with van der Waals surface area (Å²) in [5.41, 5.74) is 0.664. The molecule has 0 aliphatic carbocycles. The lowest BCUT2D eigenvalue weighted by atomic mass is 10.1. The third-order valence-electron chi connectivity index (χ3n) is 2.36. The van der Waals surface area contributed by atoms with Crippen molar-refractivity contribution in [2.24, 2.45) is 0 Å². The van der Waals surface area contributed by atoms with Crippen molar-refractivity contribution in [3.8, 4) is 0 Å². The van der Waals surface area contributed by atoms with Crippen LogP contribution in [-0.4, -0.2) is 21.3 Å². The van der Waals surface area contributed by atoms with Crippen LogP contribution >= 0.6 is 0 Å². The van der Waals surface area contributed by atoms with Crippen LogP contribution in [-0.2, 0) is 4.79 Å². The van der Waals surface area contributed by atoms with Gasteiger partial charge in [-0.15, -0.1) is 0 Å². The molecule has 0 aromatic heterocycles. The minimum absolute atomic E-state index is 0.259. The van der Waals surface area contributed by atoms with Gasteiger partial charge in [0.1, 0.15) is 0 Å². The standard InChI is InChI=1S/C10H20O2Si/c1-3-4-5-6-7-9(13)8(2)10(11)12/h9H,2-7H2,1,13H3,(H,11,12). The lowest BCUT2D eigenvalue weighted by Gasteiger charge is -2.10. The number of aliphatic carboxylic acids is 1. The van der Waals surface area contributed by atoms with Crippen LogP contribution in [0.3, 0.4) is 0 Å². The highest BCUT2D eigenvalue weighted by Gasteiger charge is 2.12. The molecule has 76 valence electrons. The minimum atomic E-state index is -0.824. The highest BCUT2D eigenvalue weighted by atomic mass is 28.1. The molecule has 0 heterocycles. The molecule has 0 saturated heterocycles. The van der Waals surface area contributed by atoms with Crippen molar-refractivity contribution in [3.05, 3.63) is 12.2 Å². The van der Waals surface area contributed by atoms with Gasteiger partial charge < -0.3 is 5.11 Å². The van der Waals surface area contributed by atoms with Gasteiger partial charge in [-0.3, -0.25) is 0 Å². The average molecular weight is 200 g/mol. The lowest BCUT2D eigenvalue weighted by molar-refractivity contribution is -0.132. The number of hydrogen-bond acceptors (Lipinski definition) is 1. The van der Waals surface area contributed by atoms with Crippen molar-refractivity contribution in [3.63, 3.8) is 0 Å². The maximum atomic E-state index is 10.6. The van der Waals surface area contributed by atoms with Gasteiger partial charge in [-0.25, -0.2) is 4.79 Å². The van der Waals surface area contributed by atoms with Crippen molar-refractivity contribution < 1.29 is 9.90 Å². The Balaban J connectivity index is 3.56. The van der Waals surface area contributed by atoms with Crippen molar-refractivity contribution in [1.82, 2.24) is 0 Å². The van der Waals surface area contributed by atoms with Gasteiger partial charge in [0.25, 0.3) is 0 Å². The van der Waals surface area contributed by atoms with E-state index in [1.807, 2.05) is 0 Å². The number of rotatable bonds is 7. The van der Waals surface area contributed by atoms with E-state index in [1.165, 1.54) is 19.3 Å². The minimum Gasteiger partial charge on any atom is -0.478 e. The maximum absolute atomic E-state index is 10.6. The van der Waals surface area contributed by atoms with Gasteiger partial charge in [0.15, 0.2) is 0 Å². The Morgan fingerprint density at radius 1 is 1.46 bits per heavy atom. The number of unbranched alkanes of at least 4 members (excludes halogenated alkanes) is 3. The summed E-state index contributed by atoms with van der Waals surface area (Å²) in [6.45, 7) is 5.76. The smallest absolute Gasteiger partial charge is 0.330 e. The van der Waals surface area contributed by atoms with Gasteiger partial charge in [0.05, 0.1) is 0 Å². The third kappa shape index (κ3) is 5.63. The topological polar surface area (TPSA) is 37.3 Å². The summed E-state index contributed by atoms with van der Waals surface area (Å²) in [6.07, 6.45) is 5.87. The molecule has 0 aromatic carbocycles. The molecule has 0 saturated carbocycles. The third-order valence-corrected chi connectivity index (χ3v) is 3.63. The van der Waals surface area contributed by atoms with Crippen LogP contribution in [0.15, 0.2) is 12.2 Å². The highest BCUT2D eigenvalue weighted by molar-refractivity contribution is 6.17. The van der Waals surface area contributed by atoms with E-state index in [2.05, 4.69) is 13.5 Å². The predicted octanol–water partition coefficient (Wildman–Crippen LogP) is 1.75. The van der Waals surface area contributed by atoms with Crippen molar-refractivity contribution in [2.45, 2.75) is 44.6 Å². The molecule has 1 atom stereocenters. The second kappa shape index (κ2) is 6.89. The van der Waals surface area contributed by atoms with Crippen molar-refractivity contribution in [1.29, 1.82) is 0 Å². The predicted molar refractivity (Wildman–Crippen MR) is 59.2 cm³/mol. The molecule has 1 N–H and O–H groups in total. The second-order valence-corrected chi connectivity index (χ2v) is 4.97. The molecule has 0 aliphatic rings. The van der Waals surface area contributed by atoms with Gasteiger partial charge >= 0.3 is 5.97 Å². The van der Waals surface area contributed by atoms with E-state index in [1.54, 1.807) is 0 Å². The fourth-order valence-electron chi connectivity index (χ4n) is 1.26. The Hall–Kier alpha value is -0.573. The molecule has 0 aliphatic heterocycles. The first kappa shape index (κ1) is 12.4. The Morgan fingerprint density at radius 2 is 2.08 bits per heavy atom. The zero-order chi connectivity index (χ0) is 10.3. The normalized spacial score (nSPS) is 12.7. The zero-order valence-electron chi connectivity index (χ0n) is 8.68. The fraction of sp³-hybridized carbons (Fsp3) is 0.700. The summed E-state index contributed by atoms with van der Waals surface area (Å²) in [7, 11) is 0.909. The first-order valence-corrected chi connectivity index (χ1v) is 6.17. The zero-order valence-corrected chi connectivity index (χ0v) is 10.7. The van der Waals surface area contributed by atoms with E-state index in [0.717, 1.165) is 23.1 Å². The van der Waals surface area contributed by atoms with Crippen molar-refractivity contribution >= 4 is 16.2 Å². The van der Waals surface area contributed by atoms with E-state index in [4.69, 9.17) is 5.11 Å². The molecule has 0 spiro atoms. The molecule has 0 rings (SSSR count). The number of carboxylic acid groups (broad SMARTS) is 1. The highest BCUT2D eigenvalue weighted by Crippen LogP contribution is 2.20. The van der Waals surface area contributed by atoms with Gasteiger partial charge in [-0.05, 0) is 12.0 Å². The summed E-state index contributed by atoms with van der Waals surface area (Å²) in [5, 5.41) is 8.68. The summed E-state index contributed by atoms with van der Waals surface area (Å²) in [4.78, 5) is 10.6. The van der Waals surface area contributed by atoms with Crippen LogP contribution in [0, 0.1) is 0 Å². The fourth-order valence-corrected chi connectivity index (χ4v) is 1.92. The van der Waals surface area contributed by atoms with Gasteiger partial charge in [0.2, 0.25) is 0 Å². The molecule has 0 fully saturated rings. The van der Waals surface area contributed by atoms with Crippen LogP contribution in [0.2, 0.25) is 5.54 Å². The molecule has 1 unspecified atom stereocenters. The quantitative estimate of drug-likeness (QED) is 0.386. The Morgan fingerprint density at radius 3 is 2.54 bits per heavy atom. The lowest BCUT2D eigenvalue weighted by Crippen LogP contribution is -2.06. The molecular formula is C10H20O2Si. The van der Waals surface area contributed by atoms with E-state index < -0.39 is 5.97 Å². The van der Waals surface area contributed by atoms with Crippen molar-refractivity contribution in [2.75, 3.05) is 0 Å². The SMILES string of the molecule is C=C(C(=O)O)C([SiH3])CCCCCC.